The van der Waals surface area contributed by atoms with Gasteiger partial charge < -0.3 is 18.3 Å². The second-order valence-corrected chi connectivity index (χ2v) is 7.32. The van der Waals surface area contributed by atoms with E-state index >= 15 is 0 Å². The summed E-state index contributed by atoms with van der Waals surface area (Å²) >= 11 is 0. The van der Waals surface area contributed by atoms with Gasteiger partial charge in [-0.3, -0.25) is 14.3 Å². The van der Waals surface area contributed by atoms with Gasteiger partial charge in [-0.15, -0.1) is 0 Å². The number of aromatic nitrogens is 2. The molecule has 1 saturated carbocycles. The molecule has 3 heterocycles. The van der Waals surface area contributed by atoms with E-state index in [-0.39, 0.29) is 24.2 Å². The molecule has 23 heavy (non-hydrogen) atoms. The van der Waals surface area contributed by atoms with Crippen molar-refractivity contribution >= 4 is 8.60 Å². The van der Waals surface area contributed by atoms with Crippen molar-refractivity contribution < 1.29 is 18.3 Å². The first-order valence-corrected chi connectivity index (χ1v) is 8.95. The summed E-state index contributed by atoms with van der Waals surface area (Å²) in [5, 5.41) is 0. The van der Waals surface area contributed by atoms with Crippen LogP contribution in [0.2, 0.25) is 0 Å². The Morgan fingerprint density at radius 1 is 1.39 bits per heavy atom. The summed E-state index contributed by atoms with van der Waals surface area (Å²) in [4.78, 5) is 25.4. The van der Waals surface area contributed by atoms with Gasteiger partial charge in [0.05, 0.1) is 12.7 Å². The van der Waals surface area contributed by atoms with E-state index in [9.17, 15) is 9.59 Å². The van der Waals surface area contributed by atoms with Gasteiger partial charge in [0.1, 0.15) is 18.4 Å². The van der Waals surface area contributed by atoms with Gasteiger partial charge in [-0.05, 0) is 19.3 Å². The van der Waals surface area contributed by atoms with Crippen molar-refractivity contribution in [2.75, 3.05) is 6.61 Å². The molecule has 5 unspecified atom stereocenters. The Bertz CT molecular complexity index is 686. The van der Waals surface area contributed by atoms with E-state index in [0.29, 0.717) is 6.61 Å². The maximum absolute atomic E-state index is 12.0. The Morgan fingerprint density at radius 3 is 2.91 bits per heavy atom. The fraction of sp³-hybridized carbons (Fsp3) is 0.714. The quantitative estimate of drug-likeness (QED) is 0.832. The van der Waals surface area contributed by atoms with Gasteiger partial charge in [0.25, 0.3) is 5.56 Å². The van der Waals surface area contributed by atoms with Crippen LogP contribution < -0.4 is 11.2 Å². The number of H-pyrrole nitrogens is 1. The fourth-order valence-corrected chi connectivity index (χ4v) is 4.46. The summed E-state index contributed by atoms with van der Waals surface area (Å²) in [7, 11) is -1.35. The minimum Gasteiger partial charge on any atom is -0.349 e. The van der Waals surface area contributed by atoms with E-state index < -0.39 is 26.1 Å². The number of ether oxygens (including phenoxy) is 1. The van der Waals surface area contributed by atoms with E-state index in [1.807, 2.05) is 6.92 Å². The zero-order valence-corrected chi connectivity index (χ0v) is 13.6. The van der Waals surface area contributed by atoms with Crippen molar-refractivity contribution in [3.63, 3.8) is 0 Å². The van der Waals surface area contributed by atoms with Gasteiger partial charge in [-0.1, -0.05) is 6.92 Å². The fourth-order valence-electron chi connectivity index (χ4n) is 3.04. The van der Waals surface area contributed by atoms with Crippen LogP contribution in [0.25, 0.3) is 0 Å². The second kappa shape index (κ2) is 6.11. The number of aromatic amines is 1. The highest BCUT2D eigenvalue weighted by molar-refractivity contribution is 7.41. The van der Waals surface area contributed by atoms with E-state index in [4.69, 9.17) is 18.3 Å². The van der Waals surface area contributed by atoms with Crippen LogP contribution in [0, 0.1) is 5.92 Å². The number of hydrogen-bond donors (Lipinski definition) is 1. The van der Waals surface area contributed by atoms with Gasteiger partial charge in [0, 0.05) is 18.2 Å². The summed E-state index contributed by atoms with van der Waals surface area (Å²) in [5.74, 6) is -0.0532. The average molecular weight is 342 g/mol. The number of fused-ring (bicyclic) bond motifs is 1. The van der Waals surface area contributed by atoms with Crippen molar-refractivity contribution in [2.45, 2.75) is 50.7 Å². The van der Waals surface area contributed by atoms with Crippen molar-refractivity contribution in [3.8, 4) is 0 Å². The minimum atomic E-state index is -1.35. The van der Waals surface area contributed by atoms with E-state index in [1.54, 1.807) is 0 Å². The Balaban J connectivity index is 1.49. The summed E-state index contributed by atoms with van der Waals surface area (Å²) < 4.78 is 24.7. The molecule has 0 spiro atoms. The van der Waals surface area contributed by atoms with Crippen molar-refractivity contribution in [3.05, 3.63) is 33.1 Å². The third kappa shape index (κ3) is 2.90. The Labute approximate surface area is 133 Å². The van der Waals surface area contributed by atoms with Gasteiger partial charge >= 0.3 is 14.3 Å². The molecule has 0 aromatic carbocycles. The van der Waals surface area contributed by atoms with Crippen LogP contribution in [0.5, 0.6) is 0 Å². The molecule has 2 saturated heterocycles. The lowest BCUT2D eigenvalue weighted by Crippen LogP contribution is -2.36. The third-order valence-electron chi connectivity index (χ3n) is 4.61. The van der Waals surface area contributed by atoms with Crippen LogP contribution in [-0.2, 0) is 18.3 Å². The normalized spacial score (nSPS) is 37.3. The molecule has 1 aromatic rings. The maximum Gasteiger partial charge on any atom is 0.333 e. The first-order chi connectivity index (χ1) is 11.1. The first kappa shape index (κ1) is 15.5. The summed E-state index contributed by atoms with van der Waals surface area (Å²) in [5.41, 5.74) is -0.909. The molecule has 4 rings (SSSR count). The van der Waals surface area contributed by atoms with Gasteiger partial charge in [0.15, 0.2) is 0 Å². The lowest BCUT2D eigenvalue weighted by molar-refractivity contribution is -0.0681. The Hall–Kier alpha value is -1.05. The minimum absolute atomic E-state index is 0.0532. The summed E-state index contributed by atoms with van der Waals surface area (Å²) in [6, 6.07) is 1.31. The van der Waals surface area contributed by atoms with Crippen molar-refractivity contribution in [2.24, 2.45) is 5.92 Å². The maximum atomic E-state index is 12.0. The molecule has 8 nitrogen and oxygen atoms in total. The molecule has 3 aliphatic rings. The monoisotopic (exact) mass is 342 g/mol. The molecule has 1 aliphatic carbocycles. The molecule has 2 aliphatic heterocycles. The summed E-state index contributed by atoms with van der Waals surface area (Å²) in [6.07, 6.45) is 4.09. The number of nitrogens with zero attached hydrogens (tertiary/aromatic N) is 1. The summed E-state index contributed by atoms with van der Waals surface area (Å²) in [6.45, 7) is 2.36. The molecular weight excluding hydrogens is 323 g/mol. The third-order valence-corrected chi connectivity index (χ3v) is 5.86. The smallest absolute Gasteiger partial charge is 0.333 e. The number of rotatable bonds is 3. The van der Waals surface area contributed by atoms with E-state index in [2.05, 4.69) is 4.98 Å². The van der Waals surface area contributed by atoms with Crippen molar-refractivity contribution in [1.29, 1.82) is 0 Å². The predicted molar refractivity (Wildman–Crippen MR) is 80.9 cm³/mol. The van der Waals surface area contributed by atoms with Gasteiger partial charge in [-0.2, -0.15) is 0 Å². The zero-order valence-electron chi connectivity index (χ0n) is 12.7. The largest absolute Gasteiger partial charge is 0.349 e. The van der Waals surface area contributed by atoms with Crippen LogP contribution in [-0.4, -0.2) is 34.5 Å². The SMILES string of the molecule is CC1C2OP(OC3CCC3)OCC2OC1n1ccc(=O)[nH]c1=O. The Kier molecular flexibility index (Phi) is 4.11. The molecule has 0 amide bonds. The van der Waals surface area contributed by atoms with Crippen LogP contribution in [0.3, 0.4) is 0 Å². The second-order valence-electron chi connectivity index (χ2n) is 6.19. The van der Waals surface area contributed by atoms with Crippen LogP contribution in [0.15, 0.2) is 21.9 Å². The standard InChI is InChI=1S/C14H19N2O6P/c1-8-12-10(7-19-23(22-12)21-9-3-2-4-9)20-13(8)16-6-5-11(17)15-14(16)18/h5-6,8-10,12-13H,2-4,7H2,1H3,(H,15,17,18). The van der Waals surface area contributed by atoms with Crippen LogP contribution in [0.1, 0.15) is 32.4 Å². The molecule has 3 fully saturated rings. The number of nitrogens with one attached hydrogen (secondary N) is 1. The van der Waals surface area contributed by atoms with Crippen LogP contribution >= 0.6 is 8.60 Å². The first-order valence-electron chi connectivity index (χ1n) is 7.85. The zero-order chi connectivity index (χ0) is 16.0. The van der Waals surface area contributed by atoms with Gasteiger partial charge in [0.2, 0.25) is 0 Å². The Morgan fingerprint density at radius 2 is 2.22 bits per heavy atom. The topological polar surface area (TPSA) is 91.8 Å². The predicted octanol–water partition coefficient (Wildman–Crippen LogP) is 1.28. The van der Waals surface area contributed by atoms with Crippen molar-refractivity contribution in [1.82, 2.24) is 9.55 Å². The molecule has 126 valence electrons. The number of hydrogen-bond acceptors (Lipinski definition) is 6. The molecule has 1 N–H and O–H groups in total. The lowest BCUT2D eigenvalue weighted by Gasteiger charge is -2.35. The van der Waals surface area contributed by atoms with Gasteiger partial charge in [-0.25, -0.2) is 4.79 Å². The van der Waals surface area contributed by atoms with Crippen LogP contribution in [0.4, 0.5) is 0 Å². The molecular formula is C14H19N2O6P. The average Bonchev–Trinajstić information content (AvgIpc) is 2.80. The highest BCUT2D eigenvalue weighted by atomic mass is 31.2. The highest BCUT2D eigenvalue weighted by Crippen LogP contribution is 2.53. The molecule has 0 radical (unpaired) electrons. The van der Waals surface area contributed by atoms with E-state index in [0.717, 1.165) is 12.8 Å². The van der Waals surface area contributed by atoms with E-state index in [1.165, 1.54) is 23.3 Å². The lowest BCUT2D eigenvalue weighted by atomic mass is 9.97. The molecule has 0 bridgehead atoms. The molecule has 5 atom stereocenters. The molecule has 1 aromatic heterocycles. The molecule has 9 heteroatoms. The highest BCUT2D eigenvalue weighted by Gasteiger charge is 2.49.